The average Bonchev–Trinajstić information content (AvgIpc) is 2.63. The number of hydrogen-bond donors (Lipinski definition) is 2. The van der Waals surface area contributed by atoms with Crippen LogP contribution in [0.15, 0.2) is 54.6 Å². The molecule has 2 N–H and O–H groups in total. The second-order valence-electron chi connectivity index (χ2n) is 5.72. The summed E-state index contributed by atoms with van der Waals surface area (Å²) in [4.78, 5) is 26.2. The first kappa shape index (κ1) is 19.6. The van der Waals surface area contributed by atoms with Crippen molar-refractivity contribution in [1.29, 1.82) is 0 Å². The number of amides is 2. The highest BCUT2D eigenvalue weighted by Gasteiger charge is 2.13. The monoisotopic (exact) mass is 369 g/mol. The predicted octanol–water partition coefficient (Wildman–Crippen LogP) is 3.22. The first-order valence-electron chi connectivity index (χ1n) is 8.57. The molecular weight excluding hydrogens is 346 g/mol. The van der Waals surface area contributed by atoms with Gasteiger partial charge in [-0.05, 0) is 49.8 Å². The lowest BCUT2D eigenvalue weighted by Crippen LogP contribution is -2.35. The van der Waals surface area contributed by atoms with Crippen molar-refractivity contribution in [2.75, 3.05) is 18.4 Å². The van der Waals surface area contributed by atoms with E-state index in [0.29, 0.717) is 24.3 Å². The topological polar surface area (TPSA) is 61.4 Å². The van der Waals surface area contributed by atoms with Crippen molar-refractivity contribution in [3.63, 3.8) is 0 Å². The van der Waals surface area contributed by atoms with Crippen molar-refractivity contribution in [2.45, 2.75) is 20.3 Å². The van der Waals surface area contributed by atoms with E-state index in [-0.39, 0.29) is 23.3 Å². The van der Waals surface area contributed by atoms with Gasteiger partial charge in [0.05, 0.1) is 6.42 Å². The highest BCUT2D eigenvalue weighted by molar-refractivity contribution is 7.80. The van der Waals surface area contributed by atoms with Crippen LogP contribution in [0.5, 0.6) is 0 Å². The molecule has 2 rings (SSSR count). The van der Waals surface area contributed by atoms with Crippen LogP contribution in [0, 0.1) is 0 Å². The molecule has 0 spiro atoms. The molecule has 0 saturated carbocycles. The lowest BCUT2D eigenvalue weighted by Gasteiger charge is -2.19. The number of carbonyl (C=O) groups is 2. The fourth-order valence-electron chi connectivity index (χ4n) is 2.54. The van der Waals surface area contributed by atoms with Gasteiger partial charge in [0.15, 0.2) is 5.11 Å². The maximum absolute atomic E-state index is 12.4. The van der Waals surface area contributed by atoms with Crippen molar-refractivity contribution in [3.05, 3.63) is 65.7 Å². The first-order valence-corrected chi connectivity index (χ1v) is 8.98. The van der Waals surface area contributed by atoms with Gasteiger partial charge in [0, 0.05) is 24.3 Å². The summed E-state index contributed by atoms with van der Waals surface area (Å²) in [6.07, 6.45) is 0.253. The van der Waals surface area contributed by atoms with Crippen LogP contribution in [0.3, 0.4) is 0 Å². The van der Waals surface area contributed by atoms with Gasteiger partial charge in [-0.15, -0.1) is 0 Å². The number of carbonyl (C=O) groups excluding carboxylic acids is 2. The van der Waals surface area contributed by atoms with Gasteiger partial charge in [0.2, 0.25) is 5.91 Å². The molecule has 0 unspecified atom stereocenters. The third-order valence-electron chi connectivity index (χ3n) is 3.88. The minimum Gasteiger partial charge on any atom is -0.339 e. The summed E-state index contributed by atoms with van der Waals surface area (Å²) in [5, 5.41) is 5.82. The van der Waals surface area contributed by atoms with Crippen LogP contribution in [0.2, 0.25) is 0 Å². The number of anilines is 1. The van der Waals surface area contributed by atoms with Crippen molar-refractivity contribution >= 4 is 34.8 Å². The standard InChI is InChI=1S/C20H23N3O2S/c1-3-23(4-2)19(25)16-11-8-12-17(14-16)21-20(26)22-18(24)13-15-9-6-5-7-10-15/h5-12,14H,3-4,13H2,1-2H3,(H2,21,22,24,26). The molecule has 0 bridgehead atoms. The molecule has 5 nitrogen and oxygen atoms in total. The zero-order valence-electron chi connectivity index (χ0n) is 15.0. The molecule has 0 atom stereocenters. The second-order valence-corrected chi connectivity index (χ2v) is 6.13. The van der Waals surface area contributed by atoms with Crippen molar-refractivity contribution in [3.8, 4) is 0 Å². The maximum atomic E-state index is 12.4. The van der Waals surface area contributed by atoms with Crippen LogP contribution in [0.1, 0.15) is 29.8 Å². The van der Waals surface area contributed by atoms with Crippen LogP contribution < -0.4 is 10.6 Å². The van der Waals surface area contributed by atoms with E-state index in [0.717, 1.165) is 5.56 Å². The van der Waals surface area contributed by atoms with Crippen molar-refractivity contribution in [1.82, 2.24) is 10.2 Å². The van der Waals surface area contributed by atoms with Gasteiger partial charge < -0.3 is 15.5 Å². The van der Waals surface area contributed by atoms with E-state index in [9.17, 15) is 9.59 Å². The zero-order valence-corrected chi connectivity index (χ0v) is 15.8. The fourth-order valence-corrected chi connectivity index (χ4v) is 2.77. The Kier molecular flexibility index (Phi) is 7.29. The third kappa shape index (κ3) is 5.67. The van der Waals surface area contributed by atoms with E-state index in [1.807, 2.05) is 44.2 Å². The van der Waals surface area contributed by atoms with E-state index < -0.39 is 0 Å². The molecule has 6 heteroatoms. The number of nitrogens with one attached hydrogen (secondary N) is 2. The van der Waals surface area contributed by atoms with E-state index in [1.165, 1.54) is 0 Å². The Morgan fingerprint density at radius 1 is 1.00 bits per heavy atom. The highest BCUT2D eigenvalue weighted by atomic mass is 32.1. The number of hydrogen-bond acceptors (Lipinski definition) is 3. The Balaban J connectivity index is 1.95. The molecule has 0 radical (unpaired) electrons. The molecule has 0 saturated heterocycles. The molecule has 0 aliphatic heterocycles. The molecule has 26 heavy (non-hydrogen) atoms. The molecule has 0 aliphatic rings. The Morgan fingerprint density at radius 3 is 2.35 bits per heavy atom. The van der Waals surface area contributed by atoms with Crippen molar-refractivity contribution < 1.29 is 9.59 Å². The average molecular weight is 369 g/mol. The predicted molar refractivity (Wildman–Crippen MR) is 108 cm³/mol. The number of rotatable bonds is 6. The zero-order chi connectivity index (χ0) is 18.9. The van der Waals surface area contributed by atoms with Crippen LogP contribution in [-0.4, -0.2) is 34.9 Å². The Morgan fingerprint density at radius 2 is 1.69 bits per heavy atom. The van der Waals surface area contributed by atoms with Gasteiger partial charge in [-0.1, -0.05) is 36.4 Å². The van der Waals surface area contributed by atoms with Crippen LogP contribution in [0.25, 0.3) is 0 Å². The van der Waals surface area contributed by atoms with Gasteiger partial charge in [-0.3, -0.25) is 9.59 Å². The summed E-state index contributed by atoms with van der Waals surface area (Å²) in [5.74, 6) is -0.221. The molecule has 0 fully saturated rings. The molecule has 0 heterocycles. The summed E-state index contributed by atoms with van der Waals surface area (Å²) in [6.45, 7) is 5.20. The highest BCUT2D eigenvalue weighted by Crippen LogP contribution is 2.13. The Labute approximate surface area is 159 Å². The van der Waals surface area contributed by atoms with Crippen LogP contribution >= 0.6 is 12.2 Å². The third-order valence-corrected chi connectivity index (χ3v) is 4.08. The molecule has 136 valence electrons. The molecule has 2 amide bonds. The second kappa shape index (κ2) is 9.68. The molecule has 0 aromatic heterocycles. The molecule has 2 aromatic carbocycles. The molecular formula is C20H23N3O2S. The summed E-state index contributed by atoms with van der Waals surface area (Å²) in [5.41, 5.74) is 2.16. The van der Waals surface area contributed by atoms with E-state index >= 15 is 0 Å². The smallest absolute Gasteiger partial charge is 0.253 e. The van der Waals surface area contributed by atoms with E-state index in [1.54, 1.807) is 29.2 Å². The lowest BCUT2D eigenvalue weighted by atomic mass is 10.1. The van der Waals surface area contributed by atoms with Gasteiger partial charge in [-0.2, -0.15) is 0 Å². The normalized spacial score (nSPS) is 10.1. The van der Waals surface area contributed by atoms with Gasteiger partial charge >= 0.3 is 0 Å². The molecule has 0 aliphatic carbocycles. The van der Waals surface area contributed by atoms with Gasteiger partial charge in [-0.25, -0.2) is 0 Å². The van der Waals surface area contributed by atoms with E-state index in [4.69, 9.17) is 12.2 Å². The fraction of sp³-hybridized carbons (Fsp3) is 0.250. The number of thiocarbonyl (C=S) groups is 1. The summed E-state index contributed by atoms with van der Waals surface area (Å²) in [6, 6.07) is 16.5. The van der Waals surface area contributed by atoms with E-state index in [2.05, 4.69) is 10.6 Å². The molecule has 2 aromatic rings. The van der Waals surface area contributed by atoms with Crippen LogP contribution in [-0.2, 0) is 11.2 Å². The summed E-state index contributed by atoms with van der Waals surface area (Å²) < 4.78 is 0. The Bertz CT molecular complexity index is 774. The summed E-state index contributed by atoms with van der Waals surface area (Å²) in [7, 11) is 0. The summed E-state index contributed by atoms with van der Waals surface area (Å²) >= 11 is 5.20. The largest absolute Gasteiger partial charge is 0.339 e. The van der Waals surface area contributed by atoms with Gasteiger partial charge in [0.1, 0.15) is 0 Å². The quantitative estimate of drug-likeness (QED) is 0.768. The maximum Gasteiger partial charge on any atom is 0.253 e. The number of nitrogens with zero attached hydrogens (tertiary/aromatic N) is 1. The van der Waals surface area contributed by atoms with Gasteiger partial charge in [0.25, 0.3) is 5.91 Å². The number of benzene rings is 2. The minimum absolute atomic E-state index is 0.0299. The minimum atomic E-state index is -0.191. The first-order chi connectivity index (χ1) is 12.5. The SMILES string of the molecule is CCN(CC)C(=O)c1cccc(NC(=S)NC(=O)Cc2ccccc2)c1. The van der Waals surface area contributed by atoms with Crippen LogP contribution in [0.4, 0.5) is 5.69 Å². The lowest BCUT2D eigenvalue weighted by molar-refractivity contribution is -0.119. The van der Waals surface area contributed by atoms with Crippen molar-refractivity contribution in [2.24, 2.45) is 0 Å². The Hall–Kier alpha value is -2.73.